The number of hydrogen-bond acceptors (Lipinski definition) is 2. The van der Waals surface area contributed by atoms with E-state index in [1.165, 1.54) is 13.1 Å². The Morgan fingerprint density at radius 2 is 2.07 bits per heavy atom. The molecule has 1 aromatic rings. The Labute approximate surface area is 90.4 Å². The van der Waals surface area contributed by atoms with Crippen LogP contribution in [0.1, 0.15) is 5.69 Å². The Morgan fingerprint density at radius 1 is 1.50 bits per heavy atom. The van der Waals surface area contributed by atoms with Gasteiger partial charge in [0.05, 0.1) is 9.26 Å². The number of H-pyrrole nitrogens is 1. The van der Waals surface area contributed by atoms with E-state index in [0.29, 0.717) is 0 Å². The van der Waals surface area contributed by atoms with Crippen molar-refractivity contribution in [3.8, 4) is 5.75 Å². The van der Waals surface area contributed by atoms with Crippen molar-refractivity contribution in [3.63, 3.8) is 0 Å². The van der Waals surface area contributed by atoms with Crippen molar-refractivity contribution in [1.29, 1.82) is 0 Å². The van der Waals surface area contributed by atoms with Gasteiger partial charge in [0.15, 0.2) is 5.75 Å². The molecule has 0 atom stereocenters. The summed E-state index contributed by atoms with van der Waals surface area (Å²) in [6.07, 6.45) is -3.52. The molecule has 14 heavy (non-hydrogen) atoms. The van der Waals surface area contributed by atoms with Gasteiger partial charge in [0.1, 0.15) is 0 Å². The van der Waals surface area contributed by atoms with Crippen LogP contribution in [0.4, 0.5) is 13.2 Å². The number of alkyl halides is 3. The van der Waals surface area contributed by atoms with Gasteiger partial charge < -0.3 is 9.72 Å². The summed E-state index contributed by atoms with van der Waals surface area (Å²) >= 11 is 1.63. The highest BCUT2D eigenvalue weighted by atomic mass is 127. The third-order valence-corrected chi connectivity index (χ3v) is 2.20. The molecule has 1 N–H and O–H groups in total. The number of aromatic amines is 1. The van der Waals surface area contributed by atoms with Crippen molar-refractivity contribution in [2.24, 2.45) is 0 Å². The van der Waals surface area contributed by atoms with Crippen LogP contribution >= 0.6 is 22.6 Å². The number of halogens is 4. The smallest absolute Gasteiger partial charge is 0.400 e. The highest BCUT2D eigenvalue weighted by Crippen LogP contribution is 2.22. The van der Waals surface area contributed by atoms with Gasteiger partial charge in [0.25, 0.3) is 0 Å². The minimum absolute atomic E-state index is 0.0488. The van der Waals surface area contributed by atoms with E-state index >= 15 is 0 Å². The maximum Gasteiger partial charge on any atom is 0.573 e. The van der Waals surface area contributed by atoms with Crippen LogP contribution in [0.15, 0.2) is 11.0 Å². The van der Waals surface area contributed by atoms with E-state index in [1.54, 1.807) is 22.6 Å². The number of nitrogens with one attached hydrogen (secondary N) is 1. The summed E-state index contributed by atoms with van der Waals surface area (Å²) in [5.41, 5.74) is -0.716. The third-order valence-electron chi connectivity index (χ3n) is 1.40. The fourth-order valence-corrected chi connectivity index (χ4v) is 1.22. The zero-order valence-corrected chi connectivity index (χ0v) is 9.06. The molecule has 0 saturated carbocycles. The van der Waals surface area contributed by atoms with Gasteiger partial charge in [-0.15, -0.1) is 13.2 Å². The number of rotatable bonds is 1. The van der Waals surface area contributed by atoms with Gasteiger partial charge in [-0.25, -0.2) is 0 Å². The average molecular weight is 319 g/mol. The summed E-state index contributed by atoms with van der Waals surface area (Å²) in [6.45, 7) is 1.33. The molecule has 0 unspecified atom stereocenters. The lowest BCUT2D eigenvalue weighted by molar-refractivity contribution is -0.275. The molecule has 7 heteroatoms. The van der Waals surface area contributed by atoms with Crippen molar-refractivity contribution in [1.82, 2.24) is 4.98 Å². The number of pyridine rings is 1. The maximum absolute atomic E-state index is 11.9. The van der Waals surface area contributed by atoms with Crippen LogP contribution in [0.5, 0.6) is 5.75 Å². The van der Waals surface area contributed by atoms with E-state index < -0.39 is 17.5 Å². The molecule has 3 nitrogen and oxygen atoms in total. The highest BCUT2D eigenvalue weighted by Gasteiger charge is 2.33. The molecule has 0 bridgehead atoms. The number of aromatic nitrogens is 1. The van der Waals surface area contributed by atoms with Crippen LogP contribution < -0.4 is 10.2 Å². The second-order valence-corrected chi connectivity index (χ2v) is 3.63. The van der Waals surface area contributed by atoms with Gasteiger partial charge in [-0.05, 0) is 29.5 Å². The van der Waals surface area contributed by atoms with Crippen molar-refractivity contribution >= 4 is 22.6 Å². The van der Waals surface area contributed by atoms with Crippen molar-refractivity contribution in [2.45, 2.75) is 13.3 Å². The van der Waals surface area contributed by atoms with Crippen LogP contribution in [0.25, 0.3) is 0 Å². The van der Waals surface area contributed by atoms with Crippen molar-refractivity contribution in [3.05, 3.63) is 25.7 Å². The minimum atomic E-state index is -4.85. The van der Waals surface area contributed by atoms with E-state index in [9.17, 15) is 18.0 Å². The molecule has 0 fully saturated rings. The van der Waals surface area contributed by atoms with Gasteiger partial charge in [-0.1, -0.05) is 0 Å². The summed E-state index contributed by atoms with van der Waals surface area (Å²) in [7, 11) is 0. The molecule has 1 aromatic heterocycles. The molecule has 0 aliphatic heterocycles. The first-order valence-electron chi connectivity index (χ1n) is 3.45. The summed E-state index contributed by atoms with van der Waals surface area (Å²) in [6, 6.07) is 0. The lowest BCUT2D eigenvalue weighted by Gasteiger charge is -2.10. The zero-order chi connectivity index (χ0) is 10.9. The average Bonchev–Trinajstić information content (AvgIpc) is 2.04. The topological polar surface area (TPSA) is 42.1 Å². The molecule has 78 valence electrons. The van der Waals surface area contributed by atoms with Gasteiger partial charge in [0, 0.05) is 6.20 Å². The van der Waals surface area contributed by atoms with E-state index in [0.717, 1.165) is 0 Å². The Balaban J connectivity index is 3.21. The molecular formula is C7H5F3INO2. The molecule has 0 spiro atoms. The molecule has 0 aliphatic rings. The zero-order valence-electron chi connectivity index (χ0n) is 6.91. The Hall–Kier alpha value is -0.730. The fraction of sp³-hybridized carbons (Fsp3) is 0.286. The number of ether oxygens (including phenoxy) is 1. The standard InChI is InChI=1S/C7H5F3INO2/c1-3-6(14-7(8,9)10)5(13)4(11)2-12-3/h2H,1H3,(H,12,13). The first-order chi connectivity index (χ1) is 6.31. The van der Waals surface area contributed by atoms with Crippen LogP contribution in [0.2, 0.25) is 0 Å². The summed E-state index contributed by atoms with van der Waals surface area (Å²) in [5, 5.41) is 0. The van der Waals surface area contributed by atoms with Crippen LogP contribution in [-0.4, -0.2) is 11.3 Å². The Morgan fingerprint density at radius 3 is 2.57 bits per heavy atom. The lowest BCUT2D eigenvalue weighted by Crippen LogP contribution is -2.23. The summed E-state index contributed by atoms with van der Waals surface area (Å²) in [5.74, 6) is -0.704. The van der Waals surface area contributed by atoms with Crippen LogP contribution in [0.3, 0.4) is 0 Å². The molecule has 0 saturated heterocycles. The molecule has 0 aromatic carbocycles. The van der Waals surface area contributed by atoms with Gasteiger partial charge in [-0.2, -0.15) is 0 Å². The lowest BCUT2D eigenvalue weighted by atomic mass is 10.3. The predicted octanol–water partition coefficient (Wildman–Crippen LogP) is 2.19. The summed E-state index contributed by atoms with van der Waals surface area (Å²) in [4.78, 5) is 13.7. The molecule has 1 heterocycles. The monoisotopic (exact) mass is 319 g/mol. The summed E-state index contributed by atoms with van der Waals surface area (Å²) < 4.78 is 39.3. The van der Waals surface area contributed by atoms with Gasteiger partial charge in [-0.3, -0.25) is 4.79 Å². The molecule has 0 aliphatic carbocycles. The van der Waals surface area contributed by atoms with Crippen LogP contribution in [-0.2, 0) is 0 Å². The molecule has 0 radical (unpaired) electrons. The predicted molar refractivity (Wildman–Crippen MR) is 51.2 cm³/mol. The third kappa shape index (κ3) is 2.63. The molecule has 0 amide bonds. The van der Waals surface area contributed by atoms with Crippen molar-refractivity contribution in [2.75, 3.05) is 0 Å². The first kappa shape index (κ1) is 11.3. The molecule has 1 rings (SSSR count). The SMILES string of the molecule is Cc1[nH]cc(I)c(=O)c1OC(F)(F)F. The van der Waals surface area contributed by atoms with Crippen molar-refractivity contribution < 1.29 is 17.9 Å². The highest BCUT2D eigenvalue weighted by molar-refractivity contribution is 14.1. The molecular weight excluding hydrogens is 314 g/mol. The van der Waals surface area contributed by atoms with E-state index in [4.69, 9.17) is 0 Å². The number of aryl methyl sites for hydroxylation is 1. The second-order valence-electron chi connectivity index (χ2n) is 2.47. The fourth-order valence-electron chi connectivity index (χ4n) is 0.820. The van der Waals surface area contributed by atoms with Gasteiger partial charge in [0.2, 0.25) is 5.43 Å². The van der Waals surface area contributed by atoms with Crippen LogP contribution in [0, 0.1) is 10.5 Å². The maximum atomic E-state index is 11.9. The Bertz CT molecular complexity index is 399. The van der Waals surface area contributed by atoms with E-state index in [2.05, 4.69) is 9.72 Å². The second kappa shape index (κ2) is 3.79. The Kier molecular flexibility index (Phi) is 3.07. The number of hydrogen-bond donors (Lipinski definition) is 1. The minimum Gasteiger partial charge on any atom is -0.400 e. The quantitative estimate of drug-likeness (QED) is 0.806. The van der Waals surface area contributed by atoms with E-state index in [1.807, 2.05) is 0 Å². The largest absolute Gasteiger partial charge is 0.573 e. The van der Waals surface area contributed by atoms with Gasteiger partial charge >= 0.3 is 6.36 Å². The first-order valence-corrected chi connectivity index (χ1v) is 4.52. The van der Waals surface area contributed by atoms with E-state index in [-0.39, 0.29) is 9.26 Å². The normalized spacial score (nSPS) is 11.5.